The number of nitrogens with zero attached hydrogens (tertiary/aromatic N) is 2. The number of carbonyl (C=O) groups excluding carboxylic acids is 1. The standard InChI is InChI=1S/C17H14ClN3OS/c1-11-3-2-4-12(7-11)20-16(22)8-17-21-15(10-23-17)13-5-6-19-9-14(13)18/h2-7,9-10H,8H2,1H3,(H,20,22). The largest absolute Gasteiger partial charge is 0.326 e. The normalized spacial score (nSPS) is 10.5. The first kappa shape index (κ1) is 15.6. The summed E-state index contributed by atoms with van der Waals surface area (Å²) in [4.78, 5) is 20.6. The molecular formula is C17H14ClN3OS. The van der Waals surface area contributed by atoms with Crippen LogP contribution in [-0.2, 0) is 11.2 Å². The van der Waals surface area contributed by atoms with E-state index in [-0.39, 0.29) is 12.3 Å². The Morgan fingerprint density at radius 1 is 1.35 bits per heavy atom. The molecule has 0 spiro atoms. The topological polar surface area (TPSA) is 54.9 Å². The number of rotatable bonds is 4. The molecule has 0 fully saturated rings. The van der Waals surface area contributed by atoms with Gasteiger partial charge in [0.25, 0.3) is 0 Å². The van der Waals surface area contributed by atoms with E-state index in [1.54, 1.807) is 12.4 Å². The quantitative estimate of drug-likeness (QED) is 0.766. The number of benzene rings is 1. The van der Waals surface area contributed by atoms with Gasteiger partial charge >= 0.3 is 0 Å². The molecule has 3 rings (SSSR count). The van der Waals surface area contributed by atoms with Gasteiger partial charge in [-0.2, -0.15) is 0 Å². The fourth-order valence-electron chi connectivity index (χ4n) is 2.16. The Kier molecular flexibility index (Phi) is 4.69. The van der Waals surface area contributed by atoms with E-state index in [4.69, 9.17) is 11.6 Å². The van der Waals surface area contributed by atoms with Crippen molar-refractivity contribution in [1.29, 1.82) is 0 Å². The van der Waals surface area contributed by atoms with E-state index >= 15 is 0 Å². The third-order valence-electron chi connectivity index (χ3n) is 3.21. The summed E-state index contributed by atoms with van der Waals surface area (Å²) in [6.07, 6.45) is 3.49. The fraction of sp³-hybridized carbons (Fsp3) is 0.118. The summed E-state index contributed by atoms with van der Waals surface area (Å²) in [5.41, 5.74) is 3.49. The van der Waals surface area contributed by atoms with Gasteiger partial charge in [0, 0.05) is 29.0 Å². The van der Waals surface area contributed by atoms with Crippen LogP contribution in [0.2, 0.25) is 5.02 Å². The number of amides is 1. The molecule has 2 aromatic heterocycles. The second kappa shape index (κ2) is 6.89. The number of halogens is 1. The predicted octanol–water partition coefficient (Wildman–Crippen LogP) is 4.35. The molecule has 23 heavy (non-hydrogen) atoms. The van der Waals surface area contributed by atoms with Crippen LogP contribution < -0.4 is 5.32 Å². The van der Waals surface area contributed by atoms with Crippen molar-refractivity contribution in [3.05, 3.63) is 63.7 Å². The van der Waals surface area contributed by atoms with Crippen LogP contribution >= 0.6 is 22.9 Å². The first-order valence-electron chi connectivity index (χ1n) is 7.02. The molecule has 2 heterocycles. The lowest BCUT2D eigenvalue weighted by atomic mass is 10.2. The van der Waals surface area contributed by atoms with Crippen molar-refractivity contribution >= 4 is 34.5 Å². The molecule has 0 aliphatic rings. The lowest BCUT2D eigenvalue weighted by Gasteiger charge is -2.04. The van der Waals surface area contributed by atoms with Gasteiger partial charge in [-0.3, -0.25) is 9.78 Å². The highest BCUT2D eigenvalue weighted by molar-refractivity contribution is 7.10. The van der Waals surface area contributed by atoms with Crippen molar-refractivity contribution in [2.24, 2.45) is 0 Å². The molecule has 0 saturated carbocycles. The summed E-state index contributed by atoms with van der Waals surface area (Å²) in [5, 5.41) is 6.08. The number of anilines is 1. The fourth-order valence-corrected chi connectivity index (χ4v) is 3.17. The summed E-state index contributed by atoms with van der Waals surface area (Å²) >= 11 is 7.56. The van der Waals surface area contributed by atoms with Crippen LogP contribution in [-0.4, -0.2) is 15.9 Å². The highest BCUT2D eigenvalue weighted by Crippen LogP contribution is 2.28. The maximum atomic E-state index is 12.1. The van der Waals surface area contributed by atoms with Gasteiger partial charge in [-0.05, 0) is 30.7 Å². The monoisotopic (exact) mass is 343 g/mol. The maximum Gasteiger partial charge on any atom is 0.231 e. The summed E-state index contributed by atoms with van der Waals surface area (Å²) in [5.74, 6) is -0.0858. The molecule has 0 aliphatic heterocycles. The second-order valence-corrected chi connectivity index (χ2v) is 6.43. The number of thiazole rings is 1. The smallest absolute Gasteiger partial charge is 0.231 e. The van der Waals surface area contributed by atoms with E-state index < -0.39 is 0 Å². The Bertz CT molecular complexity index is 847. The minimum absolute atomic E-state index is 0.0858. The number of carbonyl (C=O) groups is 1. The van der Waals surface area contributed by atoms with Crippen LogP contribution in [0.15, 0.2) is 48.1 Å². The van der Waals surface area contributed by atoms with E-state index in [0.29, 0.717) is 5.02 Å². The maximum absolute atomic E-state index is 12.1. The predicted molar refractivity (Wildman–Crippen MR) is 93.9 cm³/mol. The van der Waals surface area contributed by atoms with Crippen molar-refractivity contribution in [3.8, 4) is 11.3 Å². The Morgan fingerprint density at radius 3 is 3.00 bits per heavy atom. The molecule has 0 saturated heterocycles. The molecule has 6 heteroatoms. The minimum atomic E-state index is -0.0858. The Balaban J connectivity index is 1.69. The van der Waals surface area contributed by atoms with Gasteiger partial charge in [-0.1, -0.05) is 23.7 Å². The first-order chi connectivity index (χ1) is 11.1. The molecule has 0 radical (unpaired) electrons. The van der Waals surface area contributed by atoms with Gasteiger partial charge in [-0.25, -0.2) is 4.98 Å². The highest BCUT2D eigenvalue weighted by Gasteiger charge is 2.11. The van der Waals surface area contributed by atoms with Crippen LogP contribution in [0.1, 0.15) is 10.6 Å². The van der Waals surface area contributed by atoms with E-state index in [0.717, 1.165) is 27.5 Å². The number of aromatic nitrogens is 2. The molecule has 3 aromatic rings. The zero-order chi connectivity index (χ0) is 16.2. The molecule has 116 valence electrons. The average molecular weight is 344 g/mol. The Morgan fingerprint density at radius 2 is 2.22 bits per heavy atom. The molecule has 0 aliphatic carbocycles. The molecule has 1 amide bonds. The lowest BCUT2D eigenvalue weighted by Crippen LogP contribution is -2.14. The van der Waals surface area contributed by atoms with Crippen molar-refractivity contribution < 1.29 is 4.79 Å². The van der Waals surface area contributed by atoms with Crippen molar-refractivity contribution in [2.45, 2.75) is 13.3 Å². The summed E-state index contributed by atoms with van der Waals surface area (Å²) < 4.78 is 0. The van der Waals surface area contributed by atoms with Gasteiger partial charge < -0.3 is 5.32 Å². The molecular weight excluding hydrogens is 330 g/mol. The number of pyridine rings is 1. The third kappa shape index (κ3) is 3.94. The van der Waals surface area contributed by atoms with Crippen LogP contribution in [0, 0.1) is 6.92 Å². The van der Waals surface area contributed by atoms with Gasteiger partial charge in [0.15, 0.2) is 0 Å². The highest BCUT2D eigenvalue weighted by atomic mass is 35.5. The molecule has 4 nitrogen and oxygen atoms in total. The minimum Gasteiger partial charge on any atom is -0.326 e. The number of hydrogen-bond acceptors (Lipinski definition) is 4. The molecule has 1 N–H and O–H groups in total. The van der Waals surface area contributed by atoms with E-state index in [1.807, 2.05) is 42.6 Å². The van der Waals surface area contributed by atoms with Crippen LogP contribution in [0.3, 0.4) is 0 Å². The van der Waals surface area contributed by atoms with E-state index in [1.165, 1.54) is 11.3 Å². The van der Waals surface area contributed by atoms with Crippen LogP contribution in [0.4, 0.5) is 5.69 Å². The van der Waals surface area contributed by atoms with Gasteiger partial charge in [0.2, 0.25) is 5.91 Å². The van der Waals surface area contributed by atoms with Gasteiger partial charge in [0.05, 0.1) is 17.1 Å². The van der Waals surface area contributed by atoms with Crippen molar-refractivity contribution in [3.63, 3.8) is 0 Å². The number of aryl methyl sites for hydroxylation is 1. The van der Waals surface area contributed by atoms with E-state index in [9.17, 15) is 4.79 Å². The zero-order valence-electron chi connectivity index (χ0n) is 12.4. The van der Waals surface area contributed by atoms with Gasteiger partial charge in [0.1, 0.15) is 5.01 Å². The van der Waals surface area contributed by atoms with Crippen molar-refractivity contribution in [2.75, 3.05) is 5.32 Å². The molecule has 0 atom stereocenters. The average Bonchev–Trinajstić information content (AvgIpc) is 2.95. The van der Waals surface area contributed by atoms with Crippen LogP contribution in [0.25, 0.3) is 11.3 Å². The van der Waals surface area contributed by atoms with E-state index in [2.05, 4.69) is 15.3 Å². The van der Waals surface area contributed by atoms with Gasteiger partial charge in [-0.15, -0.1) is 11.3 Å². The summed E-state index contributed by atoms with van der Waals surface area (Å²) in [6.45, 7) is 1.99. The lowest BCUT2D eigenvalue weighted by molar-refractivity contribution is -0.115. The number of nitrogens with one attached hydrogen (secondary N) is 1. The molecule has 0 unspecified atom stereocenters. The summed E-state index contributed by atoms with van der Waals surface area (Å²) in [6, 6.07) is 9.52. The SMILES string of the molecule is Cc1cccc(NC(=O)Cc2nc(-c3ccncc3Cl)cs2)c1. The molecule has 1 aromatic carbocycles. The Hall–Kier alpha value is -2.24. The van der Waals surface area contributed by atoms with Crippen molar-refractivity contribution in [1.82, 2.24) is 9.97 Å². The Labute approximate surface area is 143 Å². The first-order valence-corrected chi connectivity index (χ1v) is 8.28. The third-order valence-corrected chi connectivity index (χ3v) is 4.36. The zero-order valence-corrected chi connectivity index (χ0v) is 14.0. The van der Waals surface area contributed by atoms with Crippen LogP contribution in [0.5, 0.6) is 0 Å². The molecule has 0 bridgehead atoms. The summed E-state index contributed by atoms with van der Waals surface area (Å²) in [7, 11) is 0. The number of hydrogen-bond donors (Lipinski definition) is 1. The second-order valence-electron chi connectivity index (χ2n) is 5.08.